The molecular weight excluding hydrogens is 363 g/mol. The summed E-state index contributed by atoms with van der Waals surface area (Å²) in [6.45, 7) is 0.307. The average Bonchev–Trinajstić information content (AvgIpc) is 3.18. The highest BCUT2D eigenvalue weighted by molar-refractivity contribution is 6.64. The minimum absolute atomic E-state index is 0.108. The lowest BCUT2D eigenvalue weighted by atomic mass is 10.1. The second-order valence-corrected chi connectivity index (χ2v) is 6.70. The molecule has 1 saturated heterocycles. The van der Waals surface area contributed by atoms with Crippen molar-refractivity contribution < 1.29 is 14.0 Å². The summed E-state index contributed by atoms with van der Waals surface area (Å²) in [7, 11) is 0. The van der Waals surface area contributed by atoms with Gasteiger partial charge < -0.3 is 9.32 Å². The summed E-state index contributed by atoms with van der Waals surface area (Å²) < 4.78 is 5.73. The van der Waals surface area contributed by atoms with E-state index in [0.717, 1.165) is 5.56 Å². The Kier molecular flexibility index (Phi) is 3.98. The number of aromatic nitrogens is 1. The summed E-state index contributed by atoms with van der Waals surface area (Å²) in [5.41, 5.74) is 2.84. The summed E-state index contributed by atoms with van der Waals surface area (Å²) in [5, 5.41) is 0.122. The maximum Gasteiger partial charge on any atom is 0.227 e. The highest BCUT2D eigenvalue weighted by Gasteiger charge is 2.34. The summed E-state index contributed by atoms with van der Waals surface area (Å²) in [6, 6.07) is 12.5. The summed E-state index contributed by atoms with van der Waals surface area (Å²) in [6.07, 6.45) is 0.149. The van der Waals surface area contributed by atoms with Gasteiger partial charge in [-0.25, -0.2) is 4.98 Å². The topological polar surface area (TPSA) is 63.4 Å². The lowest BCUT2D eigenvalue weighted by Crippen LogP contribution is -2.25. The van der Waals surface area contributed by atoms with Crippen molar-refractivity contribution in [1.82, 2.24) is 4.98 Å². The largest absolute Gasteiger partial charge is 0.436 e. The fourth-order valence-electron chi connectivity index (χ4n) is 2.92. The van der Waals surface area contributed by atoms with E-state index in [1.165, 1.54) is 0 Å². The number of hydrogen-bond donors (Lipinski definition) is 0. The highest BCUT2D eigenvalue weighted by atomic mass is 35.5. The molecule has 2 heterocycles. The molecule has 2 aromatic carbocycles. The first-order valence-electron chi connectivity index (χ1n) is 7.67. The molecule has 126 valence electrons. The number of oxazole rings is 1. The van der Waals surface area contributed by atoms with Crippen molar-refractivity contribution in [2.24, 2.45) is 5.92 Å². The molecule has 0 saturated carbocycles. The molecule has 0 N–H and O–H groups in total. The van der Waals surface area contributed by atoms with Gasteiger partial charge in [0.05, 0.1) is 5.92 Å². The predicted molar refractivity (Wildman–Crippen MR) is 95.8 cm³/mol. The zero-order valence-corrected chi connectivity index (χ0v) is 14.4. The maximum atomic E-state index is 12.1. The van der Waals surface area contributed by atoms with E-state index in [-0.39, 0.29) is 12.3 Å². The second-order valence-electron chi connectivity index (χ2n) is 5.89. The minimum atomic E-state index is -0.474. The van der Waals surface area contributed by atoms with E-state index in [9.17, 15) is 9.59 Å². The number of amides is 1. The molecule has 25 heavy (non-hydrogen) atoms. The molecule has 1 aromatic heterocycles. The third kappa shape index (κ3) is 3.01. The smallest absolute Gasteiger partial charge is 0.227 e. The van der Waals surface area contributed by atoms with Gasteiger partial charge in [0.1, 0.15) is 5.52 Å². The van der Waals surface area contributed by atoms with Gasteiger partial charge in [-0.05, 0) is 54.1 Å². The SMILES string of the molecule is O=C(Cl)[C@H]1CC(=O)N(c2ccc(-c3nc4cc(Cl)ccc4o3)cc2)C1. The Hall–Kier alpha value is -2.37. The van der Waals surface area contributed by atoms with Crippen LogP contribution in [0, 0.1) is 5.92 Å². The highest BCUT2D eigenvalue weighted by Crippen LogP contribution is 2.30. The Morgan fingerprint density at radius 1 is 1.20 bits per heavy atom. The zero-order valence-electron chi connectivity index (χ0n) is 12.9. The first-order valence-corrected chi connectivity index (χ1v) is 8.43. The number of carbonyl (C=O) groups is 2. The Morgan fingerprint density at radius 2 is 1.96 bits per heavy atom. The van der Waals surface area contributed by atoms with Crippen molar-refractivity contribution in [3.8, 4) is 11.5 Å². The van der Waals surface area contributed by atoms with Crippen LogP contribution < -0.4 is 4.90 Å². The Labute approximate surface area is 153 Å². The molecule has 3 aromatic rings. The van der Waals surface area contributed by atoms with Crippen LogP contribution in [0.1, 0.15) is 6.42 Å². The van der Waals surface area contributed by atoms with Gasteiger partial charge in [-0.15, -0.1) is 0 Å². The third-order valence-electron chi connectivity index (χ3n) is 4.22. The molecule has 0 radical (unpaired) electrons. The van der Waals surface area contributed by atoms with Crippen molar-refractivity contribution in [3.05, 3.63) is 47.5 Å². The van der Waals surface area contributed by atoms with E-state index in [2.05, 4.69) is 4.98 Å². The van der Waals surface area contributed by atoms with Gasteiger partial charge in [-0.1, -0.05) is 11.6 Å². The number of benzene rings is 2. The quantitative estimate of drug-likeness (QED) is 0.642. The van der Waals surface area contributed by atoms with Crippen LogP contribution in [0.15, 0.2) is 46.9 Å². The van der Waals surface area contributed by atoms with E-state index in [4.69, 9.17) is 27.6 Å². The van der Waals surface area contributed by atoms with Crippen molar-refractivity contribution in [2.75, 3.05) is 11.4 Å². The predicted octanol–water partition coefficient (Wildman–Crippen LogP) is 4.27. The molecule has 1 atom stereocenters. The zero-order chi connectivity index (χ0) is 17.6. The molecule has 0 unspecified atom stereocenters. The molecule has 1 aliphatic rings. The molecule has 4 rings (SSSR count). The first-order chi connectivity index (χ1) is 12.0. The molecular formula is C18H12Cl2N2O3. The number of anilines is 1. The van der Waals surface area contributed by atoms with Crippen molar-refractivity contribution in [1.29, 1.82) is 0 Å². The second kappa shape index (κ2) is 6.17. The molecule has 0 spiro atoms. The lowest BCUT2D eigenvalue weighted by molar-refractivity contribution is -0.120. The van der Waals surface area contributed by atoms with Gasteiger partial charge in [0.15, 0.2) is 5.58 Å². The van der Waals surface area contributed by atoms with E-state index in [1.54, 1.807) is 35.2 Å². The lowest BCUT2D eigenvalue weighted by Gasteiger charge is -2.16. The fraction of sp³-hybridized carbons (Fsp3) is 0.167. The number of halogens is 2. The van der Waals surface area contributed by atoms with Crippen LogP contribution in [0.25, 0.3) is 22.6 Å². The summed E-state index contributed by atoms with van der Waals surface area (Å²) >= 11 is 11.5. The minimum Gasteiger partial charge on any atom is -0.436 e. The fourth-order valence-corrected chi connectivity index (χ4v) is 3.23. The Bertz CT molecular complexity index is 982. The normalized spacial score (nSPS) is 17.4. The van der Waals surface area contributed by atoms with Gasteiger partial charge in [0, 0.05) is 29.2 Å². The molecule has 1 aliphatic heterocycles. The van der Waals surface area contributed by atoms with Crippen LogP contribution in [0.5, 0.6) is 0 Å². The third-order valence-corrected chi connectivity index (χ3v) is 4.77. The number of carbonyl (C=O) groups excluding carboxylic acids is 2. The standard InChI is InChI=1S/C18H12Cl2N2O3/c19-12-3-6-15-14(8-12)21-18(25-15)10-1-4-13(5-2-10)22-9-11(17(20)24)7-16(22)23/h1-6,8,11H,7,9H2/t11-/m0/s1. The van der Waals surface area contributed by atoms with E-state index in [0.29, 0.717) is 34.2 Å². The van der Waals surface area contributed by atoms with E-state index < -0.39 is 11.2 Å². The van der Waals surface area contributed by atoms with Crippen LogP contribution in [0.2, 0.25) is 5.02 Å². The van der Waals surface area contributed by atoms with E-state index in [1.807, 2.05) is 12.1 Å². The number of rotatable bonds is 3. The van der Waals surface area contributed by atoms with Gasteiger partial charge in [0.2, 0.25) is 17.0 Å². The molecule has 0 bridgehead atoms. The molecule has 1 fully saturated rings. The van der Waals surface area contributed by atoms with Crippen LogP contribution in [0.4, 0.5) is 5.69 Å². The van der Waals surface area contributed by atoms with Crippen LogP contribution in [0.3, 0.4) is 0 Å². The summed E-state index contributed by atoms with van der Waals surface area (Å²) in [5.74, 6) is -0.0794. The molecule has 0 aliphatic carbocycles. The number of hydrogen-bond acceptors (Lipinski definition) is 4. The van der Waals surface area contributed by atoms with Gasteiger partial charge >= 0.3 is 0 Å². The first kappa shape index (κ1) is 16.1. The van der Waals surface area contributed by atoms with Crippen molar-refractivity contribution in [2.45, 2.75) is 6.42 Å². The van der Waals surface area contributed by atoms with Crippen LogP contribution in [-0.4, -0.2) is 22.7 Å². The number of nitrogens with zero attached hydrogens (tertiary/aromatic N) is 2. The van der Waals surface area contributed by atoms with Crippen molar-refractivity contribution >= 4 is 51.1 Å². The molecule has 5 nitrogen and oxygen atoms in total. The van der Waals surface area contributed by atoms with Gasteiger partial charge in [-0.3, -0.25) is 9.59 Å². The van der Waals surface area contributed by atoms with Crippen LogP contribution in [-0.2, 0) is 9.59 Å². The molecule has 1 amide bonds. The summed E-state index contributed by atoms with van der Waals surface area (Å²) in [4.78, 5) is 29.3. The Morgan fingerprint density at radius 3 is 2.64 bits per heavy atom. The average molecular weight is 375 g/mol. The van der Waals surface area contributed by atoms with E-state index >= 15 is 0 Å². The number of fused-ring (bicyclic) bond motifs is 1. The van der Waals surface area contributed by atoms with Crippen LogP contribution >= 0.6 is 23.2 Å². The van der Waals surface area contributed by atoms with Crippen molar-refractivity contribution in [3.63, 3.8) is 0 Å². The monoisotopic (exact) mass is 374 g/mol. The van der Waals surface area contributed by atoms with Gasteiger partial charge in [-0.2, -0.15) is 0 Å². The maximum absolute atomic E-state index is 12.1. The van der Waals surface area contributed by atoms with Gasteiger partial charge in [0.25, 0.3) is 0 Å². The Balaban J connectivity index is 1.61. The molecule has 7 heteroatoms.